The molecule has 0 spiro atoms. The van der Waals surface area contributed by atoms with Crippen LogP contribution in [-0.4, -0.2) is 42.8 Å². The first-order chi connectivity index (χ1) is 18.9. The second-order valence-corrected chi connectivity index (χ2v) is 9.94. The van der Waals surface area contributed by atoms with E-state index in [4.69, 9.17) is 30.8 Å². The molecule has 4 rings (SSSR count). The molecule has 0 radical (unpaired) electrons. The molecule has 0 fully saturated rings. The van der Waals surface area contributed by atoms with Gasteiger partial charge in [-0.2, -0.15) is 0 Å². The quantitative estimate of drug-likeness (QED) is 0.204. The standard InChI is InChI=1S/C31H36ClN3O4/c1-21-17-24(18-22(2)31(21)32)39-16-8-7-15-35-26-10-6-5-9-25(26)34-29(35)13-14-33-30(36)20-23-11-12-27(37-3)28(19-23)38-4/h5-6,9-12,17-19H,7-8,13-16,20H2,1-4H3,(H,33,36). The highest BCUT2D eigenvalue weighted by atomic mass is 35.5. The number of rotatable bonds is 13. The van der Waals surface area contributed by atoms with Crippen molar-refractivity contribution in [2.45, 2.75) is 46.1 Å². The van der Waals surface area contributed by atoms with Crippen LogP contribution in [0.3, 0.4) is 0 Å². The van der Waals surface area contributed by atoms with E-state index in [2.05, 4.69) is 16.0 Å². The third-order valence-electron chi connectivity index (χ3n) is 6.67. The first kappa shape index (κ1) is 28.3. The zero-order valence-electron chi connectivity index (χ0n) is 23.1. The van der Waals surface area contributed by atoms with Gasteiger partial charge in [0.25, 0.3) is 0 Å². The summed E-state index contributed by atoms with van der Waals surface area (Å²) >= 11 is 6.27. The predicted molar refractivity (Wildman–Crippen MR) is 155 cm³/mol. The number of hydrogen-bond donors (Lipinski definition) is 1. The Balaban J connectivity index is 1.30. The van der Waals surface area contributed by atoms with Gasteiger partial charge in [-0.25, -0.2) is 4.98 Å². The summed E-state index contributed by atoms with van der Waals surface area (Å²) in [6.45, 7) is 5.96. The molecular formula is C31H36ClN3O4. The molecule has 1 heterocycles. The molecule has 0 unspecified atom stereocenters. The number of hydrogen-bond acceptors (Lipinski definition) is 5. The van der Waals surface area contributed by atoms with Gasteiger partial charge in [0.15, 0.2) is 11.5 Å². The number of benzene rings is 3. The van der Waals surface area contributed by atoms with Gasteiger partial charge in [0, 0.05) is 24.5 Å². The summed E-state index contributed by atoms with van der Waals surface area (Å²) < 4.78 is 18.9. The topological polar surface area (TPSA) is 74.6 Å². The first-order valence-corrected chi connectivity index (χ1v) is 13.6. The van der Waals surface area contributed by atoms with Crippen LogP contribution in [0.4, 0.5) is 0 Å². The van der Waals surface area contributed by atoms with E-state index in [0.717, 1.165) is 63.7 Å². The molecule has 1 amide bonds. The van der Waals surface area contributed by atoms with Crippen molar-refractivity contribution < 1.29 is 19.0 Å². The monoisotopic (exact) mass is 549 g/mol. The third kappa shape index (κ3) is 7.24. The minimum Gasteiger partial charge on any atom is -0.494 e. The Hall–Kier alpha value is -3.71. The maximum Gasteiger partial charge on any atom is 0.224 e. The molecular weight excluding hydrogens is 514 g/mol. The number of fused-ring (bicyclic) bond motifs is 1. The average molecular weight is 550 g/mol. The molecule has 0 atom stereocenters. The lowest BCUT2D eigenvalue weighted by atomic mass is 10.1. The van der Waals surface area contributed by atoms with Gasteiger partial charge >= 0.3 is 0 Å². The van der Waals surface area contributed by atoms with Crippen molar-refractivity contribution in [3.63, 3.8) is 0 Å². The van der Waals surface area contributed by atoms with E-state index in [0.29, 0.717) is 31.1 Å². The van der Waals surface area contributed by atoms with Crippen molar-refractivity contribution in [2.24, 2.45) is 0 Å². The Labute approximate surface area is 235 Å². The van der Waals surface area contributed by atoms with Crippen molar-refractivity contribution in [3.8, 4) is 17.2 Å². The van der Waals surface area contributed by atoms with Crippen molar-refractivity contribution in [1.29, 1.82) is 0 Å². The summed E-state index contributed by atoms with van der Waals surface area (Å²) in [7, 11) is 3.18. The number of imidazole rings is 1. The van der Waals surface area contributed by atoms with Gasteiger partial charge in [0.05, 0.1) is 38.3 Å². The highest BCUT2D eigenvalue weighted by Crippen LogP contribution is 2.28. The average Bonchev–Trinajstić information content (AvgIpc) is 3.28. The molecule has 0 saturated heterocycles. The van der Waals surface area contributed by atoms with E-state index in [1.807, 2.05) is 62.4 Å². The van der Waals surface area contributed by atoms with Crippen LogP contribution in [0.5, 0.6) is 17.2 Å². The molecule has 0 bridgehead atoms. The summed E-state index contributed by atoms with van der Waals surface area (Å²) in [6, 6.07) is 17.6. The summed E-state index contributed by atoms with van der Waals surface area (Å²) in [6.07, 6.45) is 2.77. The van der Waals surface area contributed by atoms with Gasteiger partial charge in [-0.3, -0.25) is 4.79 Å². The Morgan fingerprint density at radius 3 is 2.46 bits per heavy atom. The fourth-order valence-corrected chi connectivity index (χ4v) is 4.78. The number of carbonyl (C=O) groups is 1. The van der Waals surface area contributed by atoms with Crippen LogP contribution >= 0.6 is 11.6 Å². The van der Waals surface area contributed by atoms with E-state index in [-0.39, 0.29) is 12.3 Å². The number of aryl methyl sites for hydroxylation is 3. The van der Waals surface area contributed by atoms with E-state index in [1.54, 1.807) is 14.2 Å². The number of nitrogens with one attached hydrogen (secondary N) is 1. The van der Waals surface area contributed by atoms with E-state index < -0.39 is 0 Å². The largest absolute Gasteiger partial charge is 0.494 e. The number of halogens is 1. The van der Waals surface area contributed by atoms with Crippen LogP contribution in [0, 0.1) is 13.8 Å². The molecule has 7 nitrogen and oxygen atoms in total. The fraction of sp³-hybridized carbons (Fsp3) is 0.355. The smallest absolute Gasteiger partial charge is 0.224 e. The number of methoxy groups -OCH3 is 2. The van der Waals surface area contributed by atoms with Crippen LogP contribution in [0.25, 0.3) is 11.0 Å². The van der Waals surface area contributed by atoms with Crippen LogP contribution < -0.4 is 19.5 Å². The number of ether oxygens (including phenoxy) is 3. The normalized spacial score (nSPS) is 11.0. The molecule has 0 aliphatic heterocycles. The Morgan fingerprint density at radius 1 is 0.974 bits per heavy atom. The minimum absolute atomic E-state index is 0.0466. The van der Waals surface area contributed by atoms with Gasteiger partial charge in [0.2, 0.25) is 5.91 Å². The zero-order valence-corrected chi connectivity index (χ0v) is 23.8. The van der Waals surface area contributed by atoms with Crippen molar-refractivity contribution >= 4 is 28.5 Å². The number of unbranched alkanes of at least 4 members (excludes halogenated alkanes) is 1. The number of aromatic nitrogens is 2. The summed E-state index contributed by atoms with van der Waals surface area (Å²) in [5.74, 6) is 3.02. The van der Waals surface area contributed by atoms with Crippen molar-refractivity contribution in [2.75, 3.05) is 27.4 Å². The number of para-hydroxylation sites is 2. The van der Waals surface area contributed by atoms with E-state index >= 15 is 0 Å². The highest BCUT2D eigenvalue weighted by molar-refractivity contribution is 6.32. The van der Waals surface area contributed by atoms with Gasteiger partial charge in [-0.15, -0.1) is 0 Å². The second-order valence-electron chi connectivity index (χ2n) is 9.56. The molecule has 1 aromatic heterocycles. The van der Waals surface area contributed by atoms with Gasteiger partial charge < -0.3 is 24.1 Å². The highest BCUT2D eigenvalue weighted by Gasteiger charge is 2.12. The lowest BCUT2D eigenvalue weighted by Crippen LogP contribution is -2.28. The molecule has 0 saturated carbocycles. The minimum atomic E-state index is -0.0466. The predicted octanol–water partition coefficient (Wildman–Crippen LogP) is 6.08. The van der Waals surface area contributed by atoms with Gasteiger partial charge in [0.1, 0.15) is 11.6 Å². The molecule has 4 aromatic rings. The Bertz CT molecular complexity index is 1410. The SMILES string of the molecule is COc1ccc(CC(=O)NCCc2nc3ccccc3n2CCCCOc2cc(C)c(Cl)c(C)c2)cc1OC. The van der Waals surface area contributed by atoms with Crippen LogP contribution in [0.15, 0.2) is 54.6 Å². The van der Waals surface area contributed by atoms with Gasteiger partial charge in [-0.1, -0.05) is 29.8 Å². The third-order valence-corrected chi connectivity index (χ3v) is 7.27. The summed E-state index contributed by atoms with van der Waals surface area (Å²) in [4.78, 5) is 17.5. The Kier molecular flexibility index (Phi) is 9.71. The molecule has 0 aliphatic carbocycles. The lowest BCUT2D eigenvalue weighted by Gasteiger charge is -2.12. The van der Waals surface area contributed by atoms with E-state index in [9.17, 15) is 4.79 Å². The number of carbonyl (C=O) groups excluding carboxylic acids is 1. The Morgan fingerprint density at radius 2 is 1.72 bits per heavy atom. The first-order valence-electron chi connectivity index (χ1n) is 13.2. The lowest BCUT2D eigenvalue weighted by molar-refractivity contribution is -0.120. The van der Waals surface area contributed by atoms with Crippen LogP contribution in [-0.2, 0) is 24.2 Å². The maximum absolute atomic E-state index is 12.6. The van der Waals surface area contributed by atoms with E-state index in [1.165, 1.54) is 0 Å². The maximum atomic E-state index is 12.6. The second kappa shape index (κ2) is 13.4. The molecule has 39 heavy (non-hydrogen) atoms. The summed E-state index contributed by atoms with van der Waals surface area (Å²) in [5, 5.41) is 3.82. The number of nitrogens with zero attached hydrogens (tertiary/aromatic N) is 2. The fourth-order valence-electron chi connectivity index (χ4n) is 4.67. The summed E-state index contributed by atoms with van der Waals surface area (Å²) in [5.41, 5.74) is 4.99. The number of amides is 1. The zero-order chi connectivity index (χ0) is 27.8. The van der Waals surface area contributed by atoms with Gasteiger partial charge in [-0.05, 0) is 79.8 Å². The van der Waals surface area contributed by atoms with Crippen LogP contribution in [0.1, 0.15) is 35.4 Å². The molecule has 8 heteroatoms. The molecule has 3 aromatic carbocycles. The molecule has 0 aliphatic rings. The van der Waals surface area contributed by atoms with Crippen molar-refractivity contribution in [3.05, 3.63) is 82.1 Å². The molecule has 206 valence electrons. The molecule has 1 N–H and O–H groups in total. The van der Waals surface area contributed by atoms with Crippen molar-refractivity contribution in [1.82, 2.24) is 14.9 Å². The van der Waals surface area contributed by atoms with Crippen LogP contribution in [0.2, 0.25) is 5.02 Å².